The molecule has 0 spiro atoms. The highest BCUT2D eigenvalue weighted by atomic mass is 16.5. The van der Waals surface area contributed by atoms with Gasteiger partial charge < -0.3 is 4.74 Å². The molecule has 53 valence electrons. The fourth-order valence-electron chi connectivity index (χ4n) is 0.951. The summed E-state index contributed by atoms with van der Waals surface area (Å²) >= 11 is 0. The highest BCUT2D eigenvalue weighted by Gasteiger charge is 1.95. The second kappa shape index (κ2) is 2.74. The van der Waals surface area contributed by atoms with Crippen molar-refractivity contribution in [1.29, 1.82) is 0 Å². The summed E-state index contributed by atoms with van der Waals surface area (Å²) in [5, 5.41) is 0. The Labute approximate surface area is 61.6 Å². The van der Waals surface area contributed by atoms with Gasteiger partial charge in [0.2, 0.25) is 0 Å². The minimum Gasteiger partial charge on any atom is -0.496 e. The van der Waals surface area contributed by atoms with E-state index in [1.807, 2.05) is 19.9 Å². The lowest BCUT2D eigenvalue weighted by Gasteiger charge is -2.03. The van der Waals surface area contributed by atoms with E-state index in [0.717, 1.165) is 11.3 Å². The van der Waals surface area contributed by atoms with Crippen molar-refractivity contribution in [2.24, 2.45) is 0 Å². The molecular formula is C9H11O. The lowest BCUT2D eigenvalue weighted by molar-refractivity contribution is 0.411. The molecule has 0 atom stereocenters. The minimum absolute atomic E-state index is 0.908. The van der Waals surface area contributed by atoms with Crippen molar-refractivity contribution in [2.45, 2.75) is 13.8 Å². The van der Waals surface area contributed by atoms with E-state index in [2.05, 4.69) is 12.1 Å². The normalized spacial score (nSPS) is 9.50. The number of hydrogen-bond donors (Lipinski definition) is 0. The molecular weight excluding hydrogens is 124 g/mol. The Morgan fingerprint density at radius 1 is 1.40 bits per heavy atom. The average molecular weight is 135 g/mol. The minimum atomic E-state index is 0.908. The zero-order chi connectivity index (χ0) is 7.56. The highest BCUT2D eigenvalue weighted by molar-refractivity contribution is 5.34. The third kappa shape index (κ3) is 1.29. The van der Waals surface area contributed by atoms with Crippen molar-refractivity contribution in [3.05, 3.63) is 29.3 Å². The molecule has 1 nitrogen and oxygen atoms in total. The van der Waals surface area contributed by atoms with Gasteiger partial charge in [0.25, 0.3) is 0 Å². The number of rotatable bonds is 1. The maximum absolute atomic E-state index is 5.07. The van der Waals surface area contributed by atoms with Crippen molar-refractivity contribution in [3.8, 4) is 5.75 Å². The van der Waals surface area contributed by atoms with Crippen LogP contribution in [0.25, 0.3) is 0 Å². The Morgan fingerprint density at radius 3 is 2.60 bits per heavy atom. The quantitative estimate of drug-likeness (QED) is 0.573. The van der Waals surface area contributed by atoms with Gasteiger partial charge in [0, 0.05) is 0 Å². The molecule has 0 unspecified atom stereocenters. The van der Waals surface area contributed by atoms with Gasteiger partial charge in [0.1, 0.15) is 5.75 Å². The molecule has 10 heavy (non-hydrogen) atoms. The second-order valence-corrected chi connectivity index (χ2v) is 2.37. The molecule has 1 radical (unpaired) electrons. The lowest BCUT2D eigenvalue weighted by atomic mass is 10.1. The van der Waals surface area contributed by atoms with E-state index in [0.29, 0.717) is 0 Å². The van der Waals surface area contributed by atoms with E-state index >= 15 is 0 Å². The van der Waals surface area contributed by atoms with E-state index in [1.165, 1.54) is 5.56 Å². The van der Waals surface area contributed by atoms with Gasteiger partial charge >= 0.3 is 0 Å². The summed E-state index contributed by atoms with van der Waals surface area (Å²) in [4.78, 5) is 0. The molecule has 0 amide bonds. The molecule has 0 heterocycles. The first-order chi connectivity index (χ1) is 4.74. The largest absolute Gasteiger partial charge is 0.496 e. The molecule has 0 saturated carbocycles. The van der Waals surface area contributed by atoms with Crippen LogP contribution < -0.4 is 4.74 Å². The second-order valence-electron chi connectivity index (χ2n) is 2.37. The maximum atomic E-state index is 5.07. The lowest BCUT2D eigenvalue weighted by Crippen LogP contribution is -1.86. The topological polar surface area (TPSA) is 9.23 Å². The molecule has 0 bridgehead atoms. The summed E-state index contributed by atoms with van der Waals surface area (Å²) in [5.41, 5.74) is 2.32. The molecule has 0 N–H and O–H groups in total. The van der Waals surface area contributed by atoms with Gasteiger partial charge in [-0.3, -0.25) is 0 Å². The van der Waals surface area contributed by atoms with E-state index in [9.17, 15) is 0 Å². The number of methoxy groups -OCH3 is 1. The van der Waals surface area contributed by atoms with E-state index in [4.69, 9.17) is 4.74 Å². The number of hydrogen-bond acceptors (Lipinski definition) is 1. The predicted octanol–water partition coefficient (Wildman–Crippen LogP) is 2.11. The van der Waals surface area contributed by atoms with Crippen LogP contribution in [0.5, 0.6) is 5.75 Å². The Bertz CT molecular complexity index is 228. The van der Waals surface area contributed by atoms with Crippen LogP contribution in [0.3, 0.4) is 0 Å². The third-order valence-electron chi connectivity index (χ3n) is 1.47. The first-order valence-electron chi connectivity index (χ1n) is 3.27. The van der Waals surface area contributed by atoms with Gasteiger partial charge in [-0.1, -0.05) is 6.07 Å². The van der Waals surface area contributed by atoms with Crippen LogP contribution in [0.4, 0.5) is 0 Å². The first-order valence-corrected chi connectivity index (χ1v) is 3.27. The average Bonchev–Trinajstić information content (AvgIpc) is 1.88. The van der Waals surface area contributed by atoms with Gasteiger partial charge in [-0.25, -0.2) is 0 Å². The van der Waals surface area contributed by atoms with Gasteiger partial charge in [-0.2, -0.15) is 0 Å². The molecule has 0 aliphatic rings. The Balaban J connectivity index is 3.07. The summed E-state index contributed by atoms with van der Waals surface area (Å²) < 4.78 is 5.07. The van der Waals surface area contributed by atoms with Crippen LogP contribution in [0, 0.1) is 19.9 Å². The van der Waals surface area contributed by atoms with Crippen LogP contribution in [-0.4, -0.2) is 7.11 Å². The molecule has 0 aromatic heterocycles. The van der Waals surface area contributed by atoms with Gasteiger partial charge in [0.15, 0.2) is 0 Å². The van der Waals surface area contributed by atoms with Gasteiger partial charge in [-0.05, 0) is 37.1 Å². The maximum Gasteiger partial charge on any atom is 0.122 e. The fourth-order valence-corrected chi connectivity index (χ4v) is 0.951. The Kier molecular flexibility index (Phi) is 1.95. The molecule has 0 aliphatic carbocycles. The number of ether oxygens (including phenoxy) is 1. The van der Waals surface area contributed by atoms with E-state index < -0.39 is 0 Å². The molecule has 1 rings (SSSR count). The summed E-state index contributed by atoms with van der Waals surface area (Å²) in [6.07, 6.45) is 0. The van der Waals surface area contributed by atoms with E-state index in [-0.39, 0.29) is 0 Å². The summed E-state index contributed by atoms with van der Waals surface area (Å²) in [5.74, 6) is 0.908. The number of aryl methyl sites for hydroxylation is 2. The molecule has 0 aliphatic heterocycles. The monoisotopic (exact) mass is 135 g/mol. The number of benzene rings is 1. The van der Waals surface area contributed by atoms with Crippen molar-refractivity contribution in [2.75, 3.05) is 7.11 Å². The molecule has 1 aromatic rings. The third-order valence-corrected chi connectivity index (χ3v) is 1.47. The summed E-state index contributed by atoms with van der Waals surface area (Å²) in [7, 11) is 1.67. The molecule has 0 saturated heterocycles. The highest BCUT2D eigenvalue weighted by Crippen LogP contribution is 2.16. The van der Waals surface area contributed by atoms with Gasteiger partial charge in [0.05, 0.1) is 7.11 Å². The predicted molar refractivity (Wildman–Crippen MR) is 41.3 cm³/mol. The van der Waals surface area contributed by atoms with Crippen LogP contribution >= 0.6 is 0 Å². The SMILES string of the molecule is COc1c[c]c(C)cc1C. The molecule has 1 heteroatoms. The van der Waals surface area contributed by atoms with Crippen molar-refractivity contribution >= 4 is 0 Å². The van der Waals surface area contributed by atoms with Crippen LogP contribution in [-0.2, 0) is 0 Å². The first kappa shape index (κ1) is 7.13. The molecule has 1 aromatic carbocycles. The standard InChI is InChI=1S/C9H11O/c1-7-4-5-9(10-3)8(2)6-7/h5-6H,1-3H3. The summed E-state index contributed by atoms with van der Waals surface area (Å²) in [6, 6.07) is 6.99. The van der Waals surface area contributed by atoms with Crippen LogP contribution in [0.15, 0.2) is 12.1 Å². The van der Waals surface area contributed by atoms with Crippen LogP contribution in [0.1, 0.15) is 11.1 Å². The van der Waals surface area contributed by atoms with Crippen molar-refractivity contribution < 1.29 is 4.74 Å². The zero-order valence-electron chi connectivity index (χ0n) is 6.56. The smallest absolute Gasteiger partial charge is 0.122 e. The van der Waals surface area contributed by atoms with Crippen molar-refractivity contribution in [1.82, 2.24) is 0 Å². The Hall–Kier alpha value is -0.980. The Morgan fingerprint density at radius 2 is 2.10 bits per heavy atom. The van der Waals surface area contributed by atoms with Crippen molar-refractivity contribution in [3.63, 3.8) is 0 Å². The fraction of sp³-hybridized carbons (Fsp3) is 0.333. The zero-order valence-corrected chi connectivity index (χ0v) is 6.56. The molecule has 0 fully saturated rings. The van der Waals surface area contributed by atoms with Gasteiger partial charge in [-0.15, -0.1) is 0 Å². The summed E-state index contributed by atoms with van der Waals surface area (Å²) in [6.45, 7) is 4.05. The van der Waals surface area contributed by atoms with E-state index in [1.54, 1.807) is 7.11 Å². The van der Waals surface area contributed by atoms with Crippen LogP contribution in [0.2, 0.25) is 0 Å².